The van der Waals surface area contributed by atoms with E-state index in [0.29, 0.717) is 5.69 Å². The number of aromatic carboxylic acids is 1. The highest BCUT2D eigenvalue weighted by Crippen LogP contribution is 2.30. The summed E-state index contributed by atoms with van der Waals surface area (Å²) in [7, 11) is 1.96. The molecule has 3 rings (SSSR count). The van der Waals surface area contributed by atoms with Crippen LogP contribution < -0.4 is 0 Å². The second kappa shape index (κ2) is 4.24. The molecule has 0 amide bonds. The first-order valence-electron chi connectivity index (χ1n) is 5.51. The summed E-state index contributed by atoms with van der Waals surface area (Å²) in [5, 5.41) is 13.6. The molecule has 96 valence electrons. The second-order valence-corrected chi connectivity index (χ2v) is 5.06. The average molecular weight is 321 g/mol. The molecule has 6 heteroatoms. The molecule has 0 saturated carbocycles. The Balaban J connectivity index is 2.14. The van der Waals surface area contributed by atoms with Gasteiger partial charge in [-0.2, -0.15) is 0 Å². The van der Waals surface area contributed by atoms with Gasteiger partial charge in [0, 0.05) is 40.2 Å². The summed E-state index contributed by atoms with van der Waals surface area (Å²) in [5.41, 5.74) is 2.41. The van der Waals surface area contributed by atoms with E-state index in [4.69, 9.17) is 9.63 Å². The Labute approximate surface area is 116 Å². The molecule has 0 aliphatic heterocycles. The second-order valence-electron chi connectivity index (χ2n) is 4.20. The van der Waals surface area contributed by atoms with Crippen LogP contribution in [0.4, 0.5) is 0 Å². The highest BCUT2D eigenvalue weighted by Gasteiger charge is 2.13. The van der Waals surface area contributed by atoms with Crippen molar-refractivity contribution in [3.05, 3.63) is 40.7 Å². The van der Waals surface area contributed by atoms with Gasteiger partial charge in [-0.05, 0) is 28.1 Å². The Morgan fingerprint density at radius 3 is 2.89 bits per heavy atom. The van der Waals surface area contributed by atoms with Crippen LogP contribution in [0, 0.1) is 0 Å². The molecule has 0 unspecified atom stereocenters. The van der Waals surface area contributed by atoms with Crippen molar-refractivity contribution >= 4 is 32.8 Å². The first-order valence-corrected chi connectivity index (χ1v) is 6.30. The van der Waals surface area contributed by atoms with E-state index in [1.54, 1.807) is 0 Å². The lowest BCUT2D eigenvalue weighted by atomic mass is 10.1. The Kier molecular flexibility index (Phi) is 2.67. The number of fused-ring (bicyclic) bond motifs is 1. The van der Waals surface area contributed by atoms with Gasteiger partial charge in [-0.1, -0.05) is 11.2 Å². The lowest BCUT2D eigenvalue weighted by Gasteiger charge is -1.98. The maximum atomic E-state index is 10.8. The van der Waals surface area contributed by atoms with E-state index in [-0.39, 0.29) is 5.76 Å². The van der Waals surface area contributed by atoms with E-state index in [1.807, 2.05) is 36.0 Å². The largest absolute Gasteiger partial charge is 0.475 e. The Hall–Kier alpha value is -2.08. The summed E-state index contributed by atoms with van der Waals surface area (Å²) >= 11 is 3.49. The van der Waals surface area contributed by atoms with Crippen molar-refractivity contribution in [2.75, 3.05) is 0 Å². The van der Waals surface area contributed by atoms with Crippen LogP contribution in [0.1, 0.15) is 10.6 Å². The summed E-state index contributed by atoms with van der Waals surface area (Å²) in [6, 6.07) is 7.21. The van der Waals surface area contributed by atoms with Gasteiger partial charge in [-0.25, -0.2) is 4.79 Å². The van der Waals surface area contributed by atoms with Crippen LogP contribution in [-0.4, -0.2) is 20.8 Å². The molecule has 0 aliphatic carbocycles. The third-order valence-corrected chi connectivity index (χ3v) is 3.59. The molecule has 19 heavy (non-hydrogen) atoms. The summed E-state index contributed by atoms with van der Waals surface area (Å²) < 4.78 is 7.75. The summed E-state index contributed by atoms with van der Waals surface area (Å²) in [4.78, 5) is 10.8. The predicted molar refractivity (Wildman–Crippen MR) is 73.1 cm³/mol. The highest BCUT2D eigenvalue weighted by atomic mass is 79.9. The summed E-state index contributed by atoms with van der Waals surface area (Å²) in [6.45, 7) is 0. The maximum absolute atomic E-state index is 10.8. The SMILES string of the molecule is Cn1cc(Br)c2cc(-c3cc(C(=O)O)on3)ccc21. The molecule has 0 saturated heterocycles. The van der Waals surface area contributed by atoms with Crippen molar-refractivity contribution < 1.29 is 14.4 Å². The van der Waals surface area contributed by atoms with Crippen molar-refractivity contribution in [1.29, 1.82) is 0 Å². The van der Waals surface area contributed by atoms with Crippen LogP contribution in [0.3, 0.4) is 0 Å². The number of hydrogen-bond donors (Lipinski definition) is 1. The Morgan fingerprint density at radius 2 is 2.21 bits per heavy atom. The molecule has 0 radical (unpaired) electrons. The molecule has 3 aromatic rings. The zero-order valence-electron chi connectivity index (χ0n) is 9.92. The summed E-state index contributed by atoms with van der Waals surface area (Å²) in [6.07, 6.45) is 1.97. The van der Waals surface area contributed by atoms with Gasteiger partial charge >= 0.3 is 5.97 Å². The third-order valence-electron chi connectivity index (χ3n) is 2.96. The van der Waals surface area contributed by atoms with E-state index >= 15 is 0 Å². The van der Waals surface area contributed by atoms with Crippen molar-refractivity contribution in [1.82, 2.24) is 9.72 Å². The zero-order valence-corrected chi connectivity index (χ0v) is 11.5. The monoisotopic (exact) mass is 320 g/mol. The van der Waals surface area contributed by atoms with E-state index in [0.717, 1.165) is 20.9 Å². The minimum absolute atomic E-state index is 0.165. The number of aryl methyl sites for hydroxylation is 1. The topological polar surface area (TPSA) is 68.3 Å². The minimum atomic E-state index is -1.12. The first-order chi connectivity index (χ1) is 9.06. The number of nitrogens with zero attached hydrogens (tertiary/aromatic N) is 2. The number of aromatic nitrogens is 2. The van der Waals surface area contributed by atoms with E-state index in [1.165, 1.54) is 6.07 Å². The molecule has 1 N–H and O–H groups in total. The number of carbonyl (C=O) groups is 1. The average Bonchev–Trinajstić information content (AvgIpc) is 2.96. The molecule has 2 aromatic heterocycles. The zero-order chi connectivity index (χ0) is 13.6. The molecule has 5 nitrogen and oxygen atoms in total. The van der Waals surface area contributed by atoms with Crippen LogP contribution in [0.5, 0.6) is 0 Å². The normalized spacial score (nSPS) is 11.1. The minimum Gasteiger partial charge on any atom is -0.475 e. The molecule has 0 fully saturated rings. The van der Waals surface area contributed by atoms with Gasteiger partial charge in [0.15, 0.2) is 0 Å². The molecule has 0 atom stereocenters. The number of carboxylic acid groups (broad SMARTS) is 1. The van der Waals surface area contributed by atoms with Gasteiger partial charge in [0.05, 0.1) is 0 Å². The molecule has 1 aromatic carbocycles. The molecule has 2 heterocycles. The van der Waals surface area contributed by atoms with E-state index in [2.05, 4.69) is 21.1 Å². The third kappa shape index (κ3) is 1.94. The quantitative estimate of drug-likeness (QED) is 0.786. The number of benzene rings is 1. The molecule has 0 bridgehead atoms. The van der Waals surface area contributed by atoms with Gasteiger partial charge in [-0.15, -0.1) is 0 Å². The van der Waals surface area contributed by atoms with Gasteiger partial charge in [-0.3, -0.25) is 0 Å². The van der Waals surface area contributed by atoms with Gasteiger partial charge in [0.2, 0.25) is 5.76 Å². The fraction of sp³-hybridized carbons (Fsp3) is 0.0769. The van der Waals surface area contributed by atoms with Crippen LogP contribution in [0.2, 0.25) is 0 Å². The van der Waals surface area contributed by atoms with Gasteiger partial charge in [0.25, 0.3) is 0 Å². The van der Waals surface area contributed by atoms with Crippen LogP contribution in [0.25, 0.3) is 22.2 Å². The van der Waals surface area contributed by atoms with Gasteiger partial charge in [0.1, 0.15) is 5.69 Å². The number of halogens is 1. The first kappa shape index (κ1) is 12.0. The van der Waals surface area contributed by atoms with Crippen LogP contribution in [-0.2, 0) is 7.05 Å². The number of rotatable bonds is 2. The van der Waals surface area contributed by atoms with Crippen molar-refractivity contribution in [2.45, 2.75) is 0 Å². The standard InChI is InChI=1S/C13H9BrN2O3/c1-16-6-9(14)8-4-7(2-3-11(8)16)10-5-12(13(17)18)19-15-10/h2-6H,1H3,(H,17,18). The number of hydrogen-bond acceptors (Lipinski definition) is 3. The molecular formula is C13H9BrN2O3. The van der Waals surface area contributed by atoms with Crippen molar-refractivity contribution in [2.24, 2.45) is 7.05 Å². The molecule has 0 spiro atoms. The molecule has 0 aliphatic rings. The predicted octanol–water partition coefficient (Wildman–Crippen LogP) is 3.29. The fourth-order valence-corrected chi connectivity index (χ4v) is 2.64. The smallest absolute Gasteiger partial charge is 0.374 e. The van der Waals surface area contributed by atoms with E-state index in [9.17, 15) is 4.79 Å². The van der Waals surface area contributed by atoms with Crippen LogP contribution >= 0.6 is 15.9 Å². The summed E-state index contributed by atoms with van der Waals surface area (Å²) in [5.74, 6) is -1.29. The Morgan fingerprint density at radius 1 is 1.42 bits per heavy atom. The van der Waals surface area contributed by atoms with Gasteiger partial charge < -0.3 is 14.2 Å². The van der Waals surface area contributed by atoms with Crippen molar-refractivity contribution in [3.63, 3.8) is 0 Å². The maximum Gasteiger partial charge on any atom is 0.374 e. The highest BCUT2D eigenvalue weighted by molar-refractivity contribution is 9.10. The lowest BCUT2D eigenvalue weighted by molar-refractivity contribution is 0.0652. The molecular weight excluding hydrogens is 312 g/mol. The fourth-order valence-electron chi connectivity index (χ4n) is 2.02. The van der Waals surface area contributed by atoms with Crippen LogP contribution in [0.15, 0.2) is 39.5 Å². The Bertz CT molecular complexity index is 788. The lowest BCUT2D eigenvalue weighted by Crippen LogP contribution is -1.91. The van der Waals surface area contributed by atoms with E-state index < -0.39 is 5.97 Å². The van der Waals surface area contributed by atoms with Crippen molar-refractivity contribution in [3.8, 4) is 11.3 Å². The number of carboxylic acids is 1.